The van der Waals surface area contributed by atoms with Gasteiger partial charge in [-0.15, -0.1) is 0 Å². The highest BCUT2D eigenvalue weighted by molar-refractivity contribution is 9.10. The van der Waals surface area contributed by atoms with Crippen molar-refractivity contribution in [1.29, 1.82) is 0 Å². The second-order valence-corrected chi connectivity index (χ2v) is 6.03. The summed E-state index contributed by atoms with van der Waals surface area (Å²) in [5, 5.41) is 11.1. The lowest BCUT2D eigenvalue weighted by Crippen LogP contribution is -2.30. The lowest BCUT2D eigenvalue weighted by Gasteiger charge is -2.27. The van der Waals surface area contributed by atoms with Crippen LogP contribution in [0.25, 0.3) is 0 Å². The van der Waals surface area contributed by atoms with Gasteiger partial charge in [-0.3, -0.25) is 10.1 Å². The molecule has 98 valence electrons. The predicted molar refractivity (Wildman–Crippen MR) is 74.5 cm³/mol. The standard InChI is InChI=1S/C13H17BrN2O2/c14-11-4-3-10(12(7-11)16(17)18)8-13(9-15)5-1-2-6-13/h3-4,7H,1-2,5-6,8-9,15H2. The Hall–Kier alpha value is -0.940. The van der Waals surface area contributed by atoms with Gasteiger partial charge >= 0.3 is 0 Å². The van der Waals surface area contributed by atoms with Crippen LogP contribution in [0, 0.1) is 15.5 Å². The molecule has 1 saturated carbocycles. The van der Waals surface area contributed by atoms with Crippen LogP contribution in [0.3, 0.4) is 0 Å². The third kappa shape index (κ3) is 2.72. The molecule has 1 aliphatic carbocycles. The molecule has 0 atom stereocenters. The first-order chi connectivity index (χ1) is 8.56. The Morgan fingerprint density at radius 3 is 2.61 bits per heavy atom. The smallest absolute Gasteiger partial charge is 0.273 e. The van der Waals surface area contributed by atoms with E-state index in [1.165, 1.54) is 12.8 Å². The first-order valence-electron chi connectivity index (χ1n) is 6.19. The van der Waals surface area contributed by atoms with Gasteiger partial charge in [0.05, 0.1) is 4.92 Å². The normalized spacial score (nSPS) is 17.9. The van der Waals surface area contributed by atoms with Crippen LogP contribution in [0.15, 0.2) is 22.7 Å². The van der Waals surface area contributed by atoms with Crippen molar-refractivity contribution in [2.75, 3.05) is 6.54 Å². The van der Waals surface area contributed by atoms with Crippen molar-refractivity contribution >= 4 is 21.6 Å². The van der Waals surface area contributed by atoms with Crippen molar-refractivity contribution in [3.05, 3.63) is 38.3 Å². The molecule has 0 unspecified atom stereocenters. The summed E-state index contributed by atoms with van der Waals surface area (Å²) in [7, 11) is 0. The summed E-state index contributed by atoms with van der Waals surface area (Å²) < 4.78 is 0.742. The van der Waals surface area contributed by atoms with Gasteiger partial charge in [-0.1, -0.05) is 34.8 Å². The van der Waals surface area contributed by atoms with E-state index in [1.807, 2.05) is 12.1 Å². The van der Waals surface area contributed by atoms with Crippen molar-refractivity contribution in [3.8, 4) is 0 Å². The molecular weight excluding hydrogens is 296 g/mol. The fourth-order valence-electron chi connectivity index (χ4n) is 2.84. The molecule has 0 heterocycles. The highest BCUT2D eigenvalue weighted by Gasteiger charge is 2.34. The molecule has 1 fully saturated rings. The van der Waals surface area contributed by atoms with E-state index in [0.717, 1.165) is 22.9 Å². The van der Waals surface area contributed by atoms with Crippen LogP contribution in [0.2, 0.25) is 0 Å². The first kappa shape index (κ1) is 13.5. The zero-order valence-corrected chi connectivity index (χ0v) is 11.8. The fourth-order valence-corrected chi connectivity index (χ4v) is 3.19. The van der Waals surface area contributed by atoms with Crippen molar-refractivity contribution < 1.29 is 4.92 Å². The molecule has 18 heavy (non-hydrogen) atoms. The lowest BCUT2D eigenvalue weighted by molar-refractivity contribution is -0.385. The van der Waals surface area contributed by atoms with Crippen molar-refractivity contribution in [3.63, 3.8) is 0 Å². The Kier molecular flexibility index (Phi) is 4.02. The number of nitro benzene ring substituents is 1. The highest BCUT2D eigenvalue weighted by Crippen LogP contribution is 2.41. The molecule has 5 heteroatoms. The summed E-state index contributed by atoms with van der Waals surface area (Å²) in [5.41, 5.74) is 6.96. The van der Waals surface area contributed by atoms with Gasteiger partial charge in [-0.05, 0) is 37.3 Å². The van der Waals surface area contributed by atoms with Crippen molar-refractivity contribution in [1.82, 2.24) is 0 Å². The van der Waals surface area contributed by atoms with Gasteiger partial charge in [0.15, 0.2) is 0 Å². The second kappa shape index (κ2) is 5.36. The number of hydrogen-bond acceptors (Lipinski definition) is 3. The zero-order valence-electron chi connectivity index (χ0n) is 10.2. The summed E-state index contributed by atoms with van der Waals surface area (Å²) >= 11 is 3.28. The van der Waals surface area contributed by atoms with Crippen molar-refractivity contribution in [2.45, 2.75) is 32.1 Å². The van der Waals surface area contributed by atoms with E-state index < -0.39 is 0 Å². The summed E-state index contributed by atoms with van der Waals surface area (Å²) in [6.45, 7) is 0.611. The van der Waals surface area contributed by atoms with Gasteiger partial charge in [0.2, 0.25) is 0 Å². The molecule has 2 N–H and O–H groups in total. The van der Waals surface area contributed by atoms with Gasteiger partial charge < -0.3 is 5.73 Å². The number of benzene rings is 1. The minimum absolute atomic E-state index is 0.0680. The van der Waals surface area contributed by atoms with E-state index in [2.05, 4.69) is 15.9 Å². The molecule has 4 nitrogen and oxygen atoms in total. The molecule has 0 saturated heterocycles. The van der Waals surface area contributed by atoms with E-state index in [-0.39, 0.29) is 16.0 Å². The molecule has 2 rings (SSSR count). The topological polar surface area (TPSA) is 69.2 Å². The Morgan fingerprint density at radius 1 is 1.39 bits per heavy atom. The molecule has 0 amide bonds. The molecule has 0 aliphatic heterocycles. The van der Waals surface area contributed by atoms with Crippen LogP contribution in [-0.2, 0) is 6.42 Å². The SMILES string of the molecule is NCC1(Cc2ccc(Br)cc2[N+](=O)[O-])CCCC1. The second-order valence-electron chi connectivity index (χ2n) is 5.12. The van der Waals surface area contributed by atoms with Gasteiger partial charge in [0.1, 0.15) is 0 Å². The lowest BCUT2D eigenvalue weighted by atomic mass is 9.80. The average Bonchev–Trinajstić information content (AvgIpc) is 2.80. The molecule has 0 radical (unpaired) electrons. The maximum Gasteiger partial charge on any atom is 0.273 e. The predicted octanol–water partition coefficient (Wildman–Crippen LogP) is 3.42. The van der Waals surface area contributed by atoms with Gasteiger partial charge in [-0.25, -0.2) is 0 Å². The average molecular weight is 313 g/mol. The monoisotopic (exact) mass is 312 g/mol. The number of rotatable bonds is 4. The van der Waals surface area contributed by atoms with Gasteiger partial charge in [0, 0.05) is 16.1 Å². The van der Waals surface area contributed by atoms with Crippen LogP contribution < -0.4 is 5.73 Å². The molecule has 0 bridgehead atoms. The minimum atomic E-state index is -0.306. The van der Waals surface area contributed by atoms with Crippen molar-refractivity contribution in [2.24, 2.45) is 11.1 Å². The molecule has 0 spiro atoms. The Bertz CT molecular complexity index is 456. The van der Waals surface area contributed by atoms with Crippen LogP contribution in [0.1, 0.15) is 31.2 Å². The van der Waals surface area contributed by atoms with Crippen LogP contribution in [-0.4, -0.2) is 11.5 Å². The largest absolute Gasteiger partial charge is 0.330 e. The molecule has 1 aromatic carbocycles. The zero-order chi connectivity index (χ0) is 13.2. The molecule has 1 aliphatic rings. The first-order valence-corrected chi connectivity index (χ1v) is 6.98. The number of nitro groups is 1. The summed E-state index contributed by atoms with van der Waals surface area (Å²) in [5.74, 6) is 0. The van der Waals surface area contributed by atoms with E-state index in [0.29, 0.717) is 13.0 Å². The number of hydrogen-bond donors (Lipinski definition) is 1. The van der Waals surface area contributed by atoms with E-state index in [1.54, 1.807) is 6.07 Å². The maximum atomic E-state index is 11.1. The third-order valence-corrected chi connectivity index (χ3v) is 4.40. The summed E-state index contributed by atoms with van der Waals surface area (Å²) in [6, 6.07) is 5.29. The Balaban J connectivity index is 2.30. The molecular formula is C13H17BrN2O2. The Labute approximate surface area is 115 Å². The summed E-state index contributed by atoms with van der Waals surface area (Å²) in [6.07, 6.45) is 5.24. The van der Waals surface area contributed by atoms with Crippen LogP contribution in [0.4, 0.5) is 5.69 Å². The summed E-state index contributed by atoms with van der Waals surface area (Å²) in [4.78, 5) is 10.8. The number of nitrogens with two attached hydrogens (primary N) is 1. The highest BCUT2D eigenvalue weighted by atomic mass is 79.9. The molecule has 0 aromatic heterocycles. The maximum absolute atomic E-state index is 11.1. The van der Waals surface area contributed by atoms with E-state index in [4.69, 9.17) is 5.73 Å². The molecule has 1 aromatic rings. The number of nitrogens with zero attached hydrogens (tertiary/aromatic N) is 1. The van der Waals surface area contributed by atoms with Crippen LogP contribution >= 0.6 is 15.9 Å². The van der Waals surface area contributed by atoms with E-state index in [9.17, 15) is 10.1 Å². The minimum Gasteiger partial charge on any atom is -0.330 e. The Morgan fingerprint density at radius 2 is 2.06 bits per heavy atom. The van der Waals surface area contributed by atoms with Gasteiger partial charge in [-0.2, -0.15) is 0 Å². The van der Waals surface area contributed by atoms with Crippen LogP contribution in [0.5, 0.6) is 0 Å². The third-order valence-electron chi connectivity index (χ3n) is 3.91. The number of halogens is 1. The van der Waals surface area contributed by atoms with Gasteiger partial charge in [0.25, 0.3) is 5.69 Å². The fraction of sp³-hybridized carbons (Fsp3) is 0.538. The quantitative estimate of drug-likeness (QED) is 0.684. The van der Waals surface area contributed by atoms with E-state index >= 15 is 0 Å².